The second-order valence-corrected chi connectivity index (χ2v) is 5.01. The first-order valence-corrected chi connectivity index (χ1v) is 5.78. The quantitative estimate of drug-likeness (QED) is 0.878. The molecule has 0 unspecified atom stereocenters. The van der Waals surface area contributed by atoms with Crippen LogP contribution in [0.25, 0.3) is 10.9 Å². The van der Waals surface area contributed by atoms with Crippen LogP contribution in [-0.4, -0.2) is 18.1 Å². The molecule has 0 bridgehead atoms. The number of hydrogen-bond acceptors (Lipinski definition) is 3. The molecule has 90 valence electrons. The van der Waals surface area contributed by atoms with Crippen LogP contribution in [0.5, 0.6) is 5.75 Å². The Morgan fingerprint density at radius 2 is 2.12 bits per heavy atom. The number of fused-ring (bicyclic) bond motifs is 1. The summed E-state index contributed by atoms with van der Waals surface area (Å²) in [4.78, 5) is 4.27. The molecule has 1 heterocycles. The van der Waals surface area contributed by atoms with Crippen molar-refractivity contribution in [3.8, 4) is 5.75 Å². The van der Waals surface area contributed by atoms with Crippen molar-refractivity contribution >= 4 is 10.9 Å². The van der Waals surface area contributed by atoms with Crippen LogP contribution in [0.4, 0.5) is 0 Å². The Labute approximate surface area is 102 Å². The summed E-state index contributed by atoms with van der Waals surface area (Å²) in [6.45, 7) is 5.42. The topological polar surface area (TPSA) is 48.1 Å². The summed E-state index contributed by atoms with van der Waals surface area (Å²) in [6, 6.07) is 9.89. The molecule has 0 spiro atoms. The van der Waals surface area contributed by atoms with Crippen molar-refractivity contribution < 1.29 is 4.74 Å². The summed E-state index contributed by atoms with van der Waals surface area (Å²) in [6.07, 6.45) is 1.79. The maximum Gasteiger partial charge on any atom is 0.120 e. The van der Waals surface area contributed by atoms with Crippen molar-refractivity contribution in [1.29, 1.82) is 0 Å². The first-order chi connectivity index (χ1) is 8.11. The van der Waals surface area contributed by atoms with Gasteiger partial charge in [-0.25, -0.2) is 0 Å². The lowest BCUT2D eigenvalue weighted by Crippen LogP contribution is -2.30. The molecule has 0 radical (unpaired) electrons. The van der Waals surface area contributed by atoms with Gasteiger partial charge in [0.15, 0.2) is 0 Å². The molecule has 0 aliphatic heterocycles. The molecule has 0 fully saturated rings. The maximum atomic E-state index is 5.76. The summed E-state index contributed by atoms with van der Waals surface area (Å²) in [5.41, 5.74) is 6.66. The Hall–Kier alpha value is -1.61. The van der Waals surface area contributed by atoms with Crippen molar-refractivity contribution in [3.63, 3.8) is 0 Å². The fourth-order valence-electron chi connectivity index (χ4n) is 1.48. The van der Waals surface area contributed by atoms with E-state index in [1.165, 1.54) is 0 Å². The zero-order valence-corrected chi connectivity index (χ0v) is 10.3. The average Bonchev–Trinajstić information content (AvgIpc) is 2.36. The molecule has 3 heteroatoms. The van der Waals surface area contributed by atoms with Gasteiger partial charge in [-0.15, -0.1) is 0 Å². The van der Waals surface area contributed by atoms with Crippen molar-refractivity contribution in [3.05, 3.63) is 36.5 Å². The molecule has 2 N–H and O–H groups in total. The number of rotatable bonds is 4. The predicted octanol–water partition coefficient (Wildman–Crippen LogP) is 2.60. The molecule has 0 aliphatic rings. The summed E-state index contributed by atoms with van der Waals surface area (Å²) < 4.78 is 5.76. The molecule has 1 aromatic carbocycles. The fourth-order valence-corrected chi connectivity index (χ4v) is 1.48. The van der Waals surface area contributed by atoms with Gasteiger partial charge in [-0.2, -0.15) is 0 Å². The lowest BCUT2D eigenvalue weighted by molar-refractivity contribution is 0.187. The normalized spacial score (nSPS) is 11.7. The van der Waals surface area contributed by atoms with Crippen LogP contribution in [0, 0.1) is 5.41 Å². The maximum absolute atomic E-state index is 5.76. The highest BCUT2D eigenvalue weighted by atomic mass is 16.5. The minimum Gasteiger partial charge on any atom is -0.493 e. The van der Waals surface area contributed by atoms with E-state index in [2.05, 4.69) is 18.8 Å². The number of nitrogens with two attached hydrogens (primary N) is 1. The Bertz CT molecular complexity index is 508. The lowest BCUT2D eigenvalue weighted by atomic mass is 9.95. The zero-order valence-electron chi connectivity index (χ0n) is 10.3. The van der Waals surface area contributed by atoms with Gasteiger partial charge in [0.2, 0.25) is 0 Å². The number of pyridine rings is 1. The summed E-state index contributed by atoms with van der Waals surface area (Å²) in [7, 11) is 0. The summed E-state index contributed by atoms with van der Waals surface area (Å²) in [5, 5.41) is 1.09. The largest absolute Gasteiger partial charge is 0.493 e. The Balaban J connectivity index is 2.14. The van der Waals surface area contributed by atoms with E-state index in [4.69, 9.17) is 10.5 Å². The lowest BCUT2D eigenvalue weighted by Gasteiger charge is -2.22. The average molecular weight is 230 g/mol. The van der Waals surface area contributed by atoms with Gasteiger partial charge in [0.1, 0.15) is 5.75 Å². The highest BCUT2D eigenvalue weighted by Crippen LogP contribution is 2.21. The molecule has 1 aromatic heterocycles. The van der Waals surface area contributed by atoms with Crippen LogP contribution < -0.4 is 10.5 Å². The molecule has 0 atom stereocenters. The number of nitrogens with zero attached hydrogens (tertiary/aromatic N) is 1. The highest BCUT2D eigenvalue weighted by Gasteiger charge is 2.16. The molecule has 2 aromatic rings. The minimum absolute atomic E-state index is 0.00386. The monoisotopic (exact) mass is 230 g/mol. The van der Waals surface area contributed by atoms with Crippen molar-refractivity contribution in [2.75, 3.05) is 13.2 Å². The predicted molar refractivity (Wildman–Crippen MR) is 70.1 cm³/mol. The molecule has 0 saturated heterocycles. The van der Waals surface area contributed by atoms with Gasteiger partial charge in [-0.1, -0.05) is 19.9 Å². The van der Waals surface area contributed by atoms with E-state index < -0.39 is 0 Å². The van der Waals surface area contributed by atoms with E-state index in [9.17, 15) is 0 Å². The fraction of sp³-hybridized carbons (Fsp3) is 0.357. The van der Waals surface area contributed by atoms with Gasteiger partial charge >= 0.3 is 0 Å². The van der Waals surface area contributed by atoms with Gasteiger partial charge in [-0.05, 0) is 24.3 Å². The smallest absolute Gasteiger partial charge is 0.120 e. The first kappa shape index (κ1) is 11.9. The second kappa shape index (κ2) is 4.72. The van der Waals surface area contributed by atoms with Crippen LogP contribution in [0.15, 0.2) is 36.5 Å². The van der Waals surface area contributed by atoms with Crippen LogP contribution >= 0.6 is 0 Å². The van der Waals surface area contributed by atoms with Gasteiger partial charge in [0.25, 0.3) is 0 Å². The number of aromatic nitrogens is 1. The van der Waals surface area contributed by atoms with E-state index >= 15 is 0 Å². The van der Waals surface area contributed by atoms with Crippen LogP contribution in [0.1, 0.15) is 13.8 Å². The second-order valence-electron chi connectivity index (χ2n) is 5.01. The Morgan fingerprint density at radius 1 is 1.29 bits per heavy atom. The van der Waals surface area contributed by atoms with E-state index in [0.29, 0.717) is 13.2 Å². The van der Waals surface area contributed by atoms with E-state index in [-0.39, 0.29) is 5.41 Å². The number of ether oxygens (including phenoxy) is 1. The van der Waals surface area contributed by atoms with Crippen molar-refractivity contribution in [1.82, 2.24) is 4.98 Å². The van der Waals surface area contributed by atoms with Crippen molar-refractivity contribution in [2.45, 2.75) is 13.8 Å². The molecular weight excluding hydrogens is 212 g/mol. The highest BCUT2D eigenvalue weighted by molar-refractivity contribution is 5.79. The van der Waals surface area contributed by atoms with E-state index in [1.807, 2.05) is 30.3 Å². The molecule has 17 heavy (non-hydrogen) atoms. The van der Waals surface area contributed by atoms with E-state index in [0.717, 1.165) is 16.7 Å². The van der Waals surface area contributed by atoms with Gasteiger partial charge < -0.3 is 10.5 Å². The summed E-state index contributed by atoms with van der Waals surface area (Å²) >= 11 is 0. The third kappa shape index (κ3) is 2.94. The van der Waals surface area contributed by atoms with Gasteiger partial charge in [0, 0.05) is 23.5 Å². The molecule has 0 amide bonds. The van der Waals surface area contributed by atoms with Crippen LogP contribution in [0.3, 0.4) is 0 Å². The molecule has 3 nitrogen and oxygen atoms in total. The number of hydrogen-bond donors (Lipinski definition) is 1. The van der Waals surface area contributed by atoms with Gasteiger partial charge in [0.05, 0.1) is 12.1 Å². The van der Waals surface area contributed by atoms with Gasteiger partial charge in [-0.3, -0.25) is 4.98 Å². The molecular formula is C14H18N2O. The summed E-state index contributed by atoms with van der Waals surface area (Å²) in [5.74, 6) is 0.868. The molecule has 0 saturated carbocycles. The van der Waals surface area contributed by atoms with Crippen LogP contribution in [0.2, 0.25) is 0 Å². The minimum atomic E-state index is 0.00386. The standard InChI is InChI=1S/C14H18N2O/c1-14(2,9-15)10-17-12-5-6-13-11(8-12)4-3-7-16-13/h3-8H,9-10,15H2,1-2H3. The van der Waals surface area contributed by atoms with Crippen LogP contribution in [-0.2, 0) is 0 Å². The molecule has 0 aliphatic carbocycles. The SMILES string of the molecule is CC(C)(CN)COc1ccc2ncccc2c1. The first-order valence-electron chi connectivity index (χ1n) is 5.78. The van der Waals surface area contributed by atoms with E-state index in [1.54, 1.807) is 6.20 Å². The number of benzene rings is 1. The Kier molecular flexibility index (Phi) is 3.29. The zero-order chi connectivity index (χ0) is 12.3. The van der Waals surface area contributed by atoms with Crippen molar-refractivity contribution in [2.24, 2.45) is 11.1 Å². The third-order valence-corrected chi connectivity index (χ3v) is 2.76. The third-order valence-electron chi connectivity index (χ3n) is 2.76. The Morgan fingerprint density at radius 3 is 2.88 bits per heavy atom. The molecule has 2 rings (SSSR count).